The molecule has 3 nitrogen and oxygen atoms in total. The van der Waals surface area contributed by atoms with Crippen molar-refractivity contribution in [2.24, 2.45) is 0 Å². The molecule has 0 spiro atoms. The molecule has 0 aliphatic rings. The maximum absolute atomic E-state index is 4.28. The van der Waals surface area contributed by atoms with Gasteiger partial charge in [-0.3, -0.25) is 4.98 Å². The van der Waals surface area contributed by atoms with Gasteiger partial charge in [-0.2, -0.15) is 0 Å². The van der Waals surface area contributed by atoms with Gasteiger partial charge in [0.05, 0.1) is 22.1 Å². The van der Waals surface area contributed by atoms with Crippen LogP contribution in [0.15, 0.2) is 188 Å². The van der Waals surface area contributed by atoms with Crippen LogP contribution >= 0.6 is 0 Å². The predicted molar refractivity (Wildman–Crippen MR) is 209 cm³/mol. The summed E-state index contributed by atoms with van der Waals surface area (Å²) < 4.78 is 4.81. The molecule has 0 aliphatic heterocycles. The maximum Gasteiger partial charge on any atom is 0.0547 e. The van der Waals surface area contributed by atoms with Crippen molar-refractivity contribution >= 4 is 43.6 Å². The van der Waals surface area contributed by atoms with E-state index in [2.05, 4.69) is 190 Å². The number of pyridine rings is 1. The Morgan fingerprint density at radius 1 is 0.280 bits per heavy atom. The van der Waals surface area contributed by atoms with E-state index < -0.39 is 0 Å². The summed E-state index contributed by atoms with van der Waals surface area (Å²) in [5.41, 5.74) is 14.2. The van der Waals surface area contributed by atoms with Crippen molar-refractivity contribution in [1.29, 1.82) is 0 Å². The fourth-order valence-corrected chi connectivity index (χ4v) is 7.68. The predicted octanol–water partition coefficient (Wildman–Crippen LogP) is 12.3. The van der Waals surface area contributed by atoms with E-state index in [0.29, 0.717) is 0 Å². The Hall–Kier alpha value is -6.71. The number of nitrogens with zero attached hydrogens (tertiary/aromatic N) is 3. The highest BCUT2D eigenvalue weighted by molar-refractivity contribution is 6.12. The molecule has 0 radical (unpaired) electrons. The van der Waals surface area contributed by atoms with E-state index in [-0.39, 0.29) is 0 Å². The first-order valence-electron chi connectivity index (χ1n) is 17.0. The van der Waals surface area contributed by atoms with Gasteiger partial charge in [-0.05, 0) is 106 Å². The van der Waals surface area contributed by atoms with Crippen LogP contribution < -0.4 is 0 Å². The van der Waals surface area contributed by atoms with Crippen LogP contribution in [0.1, 0.15) is 0 Å². The molecule has 10 aromatic rings. The number of hydrogen-bond acceptors (Lipinski definition) is 1. The van der Waals surface area contributed by atoms with E-state index in [0.717, 1.165) is 16.8 Å². The second-order valence-corrected chi connectivity index (χ2v) is 12.9. The number of aromatic nitrogens is 3. The van der Waals surface area contributed by atoms with E-state index in [1.807, 2.05) is 12.4 Å². The molecule has 0 N–H and O–H groups in total. The highest BCUT2D eigenvalue weighted by Gasteiger charge is 2.17. The van der Waals surface area contributed by atoms with Gasteiger partial charge in [0.15, 0.2) is 0 Å². The number of fused-ring (bicyclic) bond motifs is 6. The van der Waals surface area contributed by atoms with E-state index in [1.165, 1.54) is 71.6 Å². The van der Waals surface area contributed by atoms with Crippen LogP contribution in [0, 0.1) is 0 Å². The van der Waals surface area contributed by atoms with Gasteiger partial charge < -0.3 is 9.13 Å². The Balaban J connectivity index is 1.18. The summed E-state index contributed by atoms with van der Waals surface area (Å²) >= 11 is 0. The minimum absolute atomic E-state index is 1.13. The lowest BCUT2D eigenvalue weighted by Crippen LogP contribution is -1.96. The summed E-state index contributed by atoms with van der Waals surface area (Å²) in [5, 5.41) is 4.99. The lowest BCUT2D eigenvalue weighted by molar-refractivity contribution is 1.18. The fourth-order valence-electron chi connectivity index (χ4n) is 7.68. The molecule has 50 heavy (non-hydrogen) atoms. The van der Waals surface area contributed by atoms with Crippen molar-refractivity contribution in [2.75, 3.05) is 0 Å². The monoisotopic (exact) mass is 637 g/mol. The lowest BCUT2D eigenvalue weighted by Gasteiger charge is -2.14. The first kappa shape index (κ1) is 28.3. The Kier molecular flexibility index (Phi) is 6.49. The van der Waals surface area contributed by atoms with Crippen LogP contribution in [-0.4, -0.2) is 14.1 Å². The highest BCUT2D eigenvalue weighted by Crippen LogP contribution is 2.39. The van der Waals surface area contributed by atoms with Crippen LogP contribution in [-0.2, 0) is 0 Å². The minimum atomic E-state index is 1.13. The normalized spacial score (nSPS) is 11.6. The zero-order chi connectivity index (χ0) is 33.0. The molecule has 0 amide bonds. The van der Waals surface area contributed by atoms with Crippen molar-refractivity contribution < 1.29 is 0 Å². The summed E-state index contributed by atoms with van der Waals surface area (Å²) in [5.74, 6) is 0. The van der Waals surface area contributed by atoms with E-state index in [9.17, 15) is 0 Å². The molecule has 0 aliphatic carbocycles. The molecule has 0 unspecified atom stereocenters. The van der Waals surface area contributed by atoms with Gasteiger partial charge in [0, 0.05) is 45.3 Å². The van der Waals surface area contributed by atoms with Crippen LogP contribution in [0.3, 0.4) is 0 Å². The summed E-state index contributed by atoms with van der Waals surface area (Å²) in [7, 11) is 0. The molecule has 3 aromatic heterocycles. The Morgan fingerprint density at radius 3 is 1.52 bits per heavy atom. The number of para-hydroxylation sites is 3. The van der Waals surface area contributed by atoms with Crippen LogP contribution in [0.25, 0.3) is 88.4 Å². The third-order valence-electron chi connectivity index (χ3n) is 9.99. The SMILES string of the molecule is c1ccc(-c2cc(-c3ccncc3)cc(-n3c4ccccc4c4cc(-c5ccc6c7ccccc7n(-c7ccccc7)c6c5)ccc43)c2)cc1. The van der Waals surface area contributed by atoms with Gasteiger partial charge in [-0.25, -0.2) is 0 Å². The molecule has 10 rings (SSSR count). The van der Waals surface area contributed by atoms with E-state index >= 15 is 0 Å². The average Bonchev–Trinajstić information content (AvgIpc) is 3.71. The van der Waals surface area contributed by atoms with Gasteiger partial charge in [0.25, 0.3) is 0 Å². The number of hydrogen-bond donors (Lipinski definition) is 0. The van der Waals surface area contributed by atoms with Crippen molar-refractivity contribution in [2.45, 2.75) is 0 Å². The lowest BCUT2D eigenvalue weighted by atomic mass is 9.98. The second kappa shape index (κ2) is 11.5. The smallest absolute Gasteiger partial charge is 0.0547 e. The van der Waals surface area contributed by atoms with Crippen molar-refractivity contribution in [3.05, 3.63) is 188 Å². The molecular weight excluding hydrogens is 607 g/mol. The number of rotatable bonds is 5. The molecule has 234 valence electrons. The minimum Gasteiger partial charge on any atom is -0.309 e. The summed E-state index contributed by atoms with van der Waals surface area (Å²) in [6, 6.07) is 63.7. The largest absolute Gasteiger partial charge is 0.309 e. The Labute approximate surface area is 290 Å². The highest BCUT2D eigenvalue weighted by atomic mass is 15.0. The van der Waals surface area contributed by atoms with E-state index in [4.69, 9.17) is 0 Å². The first-order valence-corrected chi connectivity index (χ1v) is 17.0. The van der Waals surface area contributed by atoms with Crippen LogP contribution in [0.4, 0.5) is 0 Å². The van der Waals surface area contributed by atoms with Crippen molar-refractivity contribution in [3.63, 3.8) is 0 Å². The molecule has 3 heterocycles. The number of benzene rings is 7. The summed E-state index contributed by atoms with van der Waals surface area (Å²) in [6.07, 6.45) is 3.73. The Bertz CT molecular complexity index is 2790. The van der Waals surface area contributed by atoms with Gasteiger partial charge in [0.2, 0.25) is 0 Å². The quantitative estimate of drug-likeness (QED) is 0.184. The first-order chi connectivity index (χ1) is 24.8. The third kappa shape index (κ3) is 4.56. The third-order valence-corrected chi connectivity index (χ3v) is 9.99. The molecule has 7 aromatic carbocycles. The van der Waals surface area contributed by atoms with Crippen LogP contribution in [0.5, 0.6) is 0 Å². The zero-order valence-electron chi connectivity index (χ0n) is 27.2. The van der Waals surface area contributed by atoms with Gasteiger partial charge in [-0.15, -0.1) is 0 Å². The molecule has 0 saturated carbocycles. The summed E-state index contributed by atoms with van der Waals surface area (Å²) in [6.45, 7) is 0. The molecular formula is C47H31N3. The summed E-state index contributed by atoms with van der Waals surface area (Å²) in [4.78, 5) is 4.28. The Morgan fingerprint density at radius 2 is 0.800 bits per heavy atom. The van der Waals surface area contributed by atoms with Crippen molar-refractivity contribution in [3.8, 4) is 44.8 Å². The second-order valence-electron chi connectivity index (χ2n) is 12.9. The maximum atomic E-state index is 4.28. The average molecular weight is 638 g/mol. The molecule has 0 fully saturated rings. The fraction of sp³-hybridized carbons (Fsp3) is 0. The zero-order valence-corrected chi connectivity index (χ0v) is 27.2. The van der Waals surface area contributed by atoms with Gasteiger partial charge in [-0.1, -0.05) is 103 Å². The van der Waals surface area contributed by atoms with Gasteiger partial charge in [0.1, 0.15) is 0 Å². The molecule has 0 saturated heterocycles. The molecule has 0 bridgehead atoms. The standard InChI is InChI=1S/C47H31N3/c1-3-11-32(12-4-1)36-27-37(33-23-25-48-26-24-33)29-39(28-36)50-45-18-10-8-16-41(45)43-30-34(20-22-46(43)50)35-19-21-42-40-15-7-9-17-44(40)49(47(42)31-35)38-13-5-2-6-14-38/h1-31H. The molecule has 3 heteroatoms. The van der Waals surface area contributed by atoms with Crippen LogP contribution in [0.2, 0.25) is 0 Å². The molecule has 0 atom stereocenters. The van der Waals surface area contributed by atoms with Crippen molar-refractivity contribution in [1.82, 2.24) is 14.1 Å². The topological polar surface area (TPSA) is 22.8 Å². The van der Waals surface area contributed by atoms with E-state index in [1.54, 1.807) is 0 Å². The van der Waals surface area contributed by atoms with Gasteiger partial charge >= 0.3 is 0 Å².